The number of likely N-dealkylation sites (N-methyl/N-ethyl adjacent to an activating group) is 1. The number of sulfonamides is 1. The fourth-order valence-corrected chi connectivity index (χ4v) is 3.30. The first-order chi connectivity index (χ1) is 9.30. The third-order valence-electron chi connectivity index (χ3n) is 3.17. The Balaban J connectivity index is 3.13. The molecule has 0 amide bonds. The van der Waals surface area contributed by atoms with Crippen LogP contribution in [0.3, 0.4) is 0 Å². The Kier molecular flexibility index (Phi) is 5.92. The highest BCUT2D eigenvalue weighted by molar-refractivity contribution is 7.89. The van der Waals surface area contributed by atoms with E-state index in [9.17, 15) is 8.42 Å². The molecule has 0 spiro atoms. The standard InChI is InChI=1S/C15H24N2O2S/c1-6-10-17(5)20(18,19)15-9-7-8-14(13(15)4)11-16-12(2)3/h6-9,12,16H,1,10-11H2,2-5H3. The molecule has 1 rings (SSSR count). The summed E-state index contributed by atoms with van der Waals surface area (Å²) in [6.07, 6.45) is 1.58. The molecule has 0 aliphatic heterocycles. The molecular formula is C15H24N2O2S. The van der Waals surface area contributed by atoms with Crippen molar-refractivity contribution in [3.05, 3.63) is 42.0 Å². The molecule has 0 heterocycles. The van der Waals surface area contributed by atoms with Gasteiger partial charge in [0.15, 0.2) is 0 Å². The normalized spacial score (nSPS) is 12.1. The highest BCUT2D eigenvalue weighted by Gasteiger charge is 2.22. The van der Waals surface area contributed by atoms with Crippen molar-refractivity contribution in [3.8, 4) is 0 Å². The van der Waals surface area contributed by atoms with Crippen LogP contribution in [0, 0.1) is 6.92 Å². The summed E-state index contributed by atoms with van der Waals surface area (Å²) in [5, 5.41) is 3.31. The van der Waals surface area contributed by atoms with Gasteiger partial charge in [-0.1, -0.05) is 32.1 Å². The van der Waals surface area contributed by atoms with E-state index in [1.54, 1.807) is 25.3 Å². The van der Waals surface area contributed by atoms with Gasteiger partial charge in [-0.25, -0.2) is 8.42 Å². The second-order valence-electron chi connectivity index (χ2n) is 5.15. The van der Waals surface area contributed by atoms with Crippen LogP contribution in [-0.4, -0.2) is 32.4 Å². The molecule has 0 unspecified atom stereocenters. The summed E-state index contributed by atoms with van der Waals surface area (Å²) in [7, 11) is -1.89. The van der Waals surface area contributed by atoms with Crippen LogP contribution in [-0.2, 0) is 16.6 Å². The molecule has 112 valence electrons. The molecule has 1 N–H and O–H groups in total. The van der Waals surface area contributed by atoms with Crippen molar-refractivity contribution in [1.29, 1.82) is 0 Å². The first kappa shape index (κ1) is 16.9. The van der Waals surface area contributed by atoms with Gasteiger partial charge in [0.1, 0.15) is 0 Å². The summed E-state index contributed by atoms with van der Waals surface area (Å²) in [6, 6.07) is 5.76. The van der Waals surface area contributed by atoms with E-state index in [-0.39, 0.29) is 0 Å². The topological polar surface area (TPSA) is 49.4 Å². The Morgan fingerprint density at radius 2 is 2.05 bits per heavy atom. The molecular weight excluding hydrogens is 272 g/mol. The largest absolute Gasteiger partial charge is 0.310 e. The fourth-order valence-electron chi connectivity index (χ4n) is 1.89. The smallest absolute Gasteiger partial charge is 0.243 e. The van der Waals surface area contributed by atoms with Crippen molar-refractivity contribution in [2.75, 3.05) is 13.6 Å². The van der Waals surface area contributed by atoms with Crippen molar-refractivity contribution in [2.24, 2.45) is 0 Å². The zero-order valence-electron chi connectivity index (χ0n) is 12.7. The third kappa shape index (κ3) is 3.91. The number of hydrogen-bond donors (Lipinski definition) is 1. The van der Waals surface area contributed by atoms with Gasteiger partial charge in [0.2, 0.25) is 10.0 Å². The Hall–Kier alpha value is -1.17. The van der Waals surface area contributed by atoms with Gasteiger partial charge in [0.05, 0.1) is 4.90 Å². The molecule has 4 nitrogen and oxygen atoms in total. The van der Waals surface area contributed by atoms with Crippen molar-refractivity contribution < 1.29 is 8.42 Å². The van der Waals surface area contributed by atoms with Gasteiger partial charge in [-0.2, -0.15) is 4.31 Å². The molecule has 0 atom stereocenters. The molecule has 0 bridgehead atoms. The predicted molar refractivity (Wildman–Crippen MR) is 83.2 cm³/mol. The lowest BCUT2D eigenvalue weighted by atomic mass is 10.1. The maximum atomic E-state index is 12.5. The monoisotopic (exact) mass is 296 g/mol. The second kappa shape index (κ2) is 7.02. The van der Waals surface area contributed by atoms with Crippen LogP contribution in [0.2, 0.25) is 0 Å². The molecule has 0 aliphatic rings. The maximum absolute atomic E-state index is 12.5. The summed E-state index contributed by atoms with van der Waals surface area (Å²) in [5.74, 6) is 0. The minimum absolute atomic E-state index is 0.302. The first-order valence-electron chi connectivity index (χ1n) is 6.69. The number of nitrogens with one attached hydrogen (secondary N) is 1. The Labute approximate surface area is 122 Å². The molecule has 1 aromatic rings. The van der Waals surface area contributed by atoms with Crippen LogP contribution in [0.1, 0.15) is 25.0 Å². The number of nitrogens with zero attached hydrogens (tertiary/aromatic N) is 1. The zero-order chi connectivity index (χ0) is 15.3. The minimum atomic E-state index is -3.46. The third-order valence-corrected chi connectivity index (χ3v) is 5.14. The van der Waals surface area contributed by atoms with Crippen LogP contribution >= 0.6 is 0 Å². The van der Waals surface area contributed by atoms with E-state index in [2.05, 4.69) is 25.7 Å². The van der Waals surface area contributed by atoms with Crippen LogP contribution in [0.4, 0.5) is 0 Å². The molecule has 1 aromatic carbocycles. The Morgan fingerprint density at radius 1 is 1.40 bits per heavy atom. The lowest BCUT2D eigenvalue weighted by Gasteiger charge is -2.19. The number of rotatable bonds is 7. The molecule has 0 radical (unpaired) electrons. The van der Waals surface area contributed by atoms with Gasteiger partial charge in [0.25, 0.3) is 0 Å². The molecule has 0 aromatic heterocycles. The van der Waals surface area contributed by atoms with Crippen LogP contribution in [0.5, 0.6) is 0 Å². The maximum Gasteiger partial charge on any atom is 0.243 e. The molecule has 5 heteroatoms. The first-order valence-corrected chi connectivity index (χ1v) is 8.13. The summed E-state index contributed by atoms with van der Waals surface area (Å²) in [4.78, 5) is 0.366. The fraction of sp³-hybridized carbons (Fsp3) is 0.467. The molecule has 0 saturated carbocycles. The summed E-state index contributed by atoms with van der Waals surface area (Å²) in [5.41, 5.74) is 1.81. The van der Waals surface area contributed by atoms with E-state index in [1.807, 2.05) is 13.0 Å². The quantitative estimate of drug-likeness (QED) is 0.786. The average molecular weight is 296 g/mol. The van der Waals surface area contributed by atoms with Crippen LogP contribution < -0.4 is 5.32 Å². The lowest BCUT2D eigenvalue weighted by molar-refractivity contribution is 0.498. The van der Waals surface area contributed by atoms with Crippen molar-refractivity contribution in [3.63, 3.8) is 0 Å². The van der Waals surface area contributed by atoms with Gasteiger partial charge in [-0.05, 0) is 24.1 Å². The van der Waals surface area contributed by atoms with E-state index in [4.69, 9.17) is 0 Å². The van der Waals surface area contributed by atoms with Gasteiger partial charge < -0.3 is 5.32 Å². The van der Waals surface area contributed by atoms with E-state index in [0.29, 0.717) is 24.0 Å². The summed E-state index contributed by atoms with van der Waals surface area (Å²) < 4.78 is 26.3. The van der Waals surface area contributed by atoms with Gasteiger partial charge in [-0.15, -0.1) is 6.58 Å². The SMILES string of the molecule is C=CCN(C)S(=O)(=O)c1cccc(CNC(C)C)c1C. The number of benzene rings is 1. The highest BCUT2D eigenvalue weighted by atomic mass is 32.2. The molecule has 20 heavy (non-hydrogen) atoms. The molecule has 0 aliphatic carbocycles. The highest BCUT2D eigenvalue weighted by Crippen LogP contribution is 2.22. The predicted octanol–water partition coefficient (Wildman–Crippen LogP) is 2.30. The zero-order valence-corrected chi connectivity index (χ0v) is 13.5. The Bertz CT molecular complexity index is 565. The van der Waals surface area contributed by atoms with Crippen LogP contribution in [0.15, 0.2) is 35.7 Å². The van der Waals surface area contributed by atoms with E-state index < -0.39 is 10.0 Å². The molecule has 0 fully saturated rings. The number of hydrogen-bond acceptors (Lipinski definition) is 3. The second-order valence-corrected chi connectivity index (χ2v) is 7.16. The minimum Gasteiger partial charge on any atom is -0.310 e. The van der Waals surface area contributed by atoms with Crippen molar-refractivity contribution >= 4 is 10.0 Å². The van der Waals surface area contributed by atoms with Gasteiger partial charge in [0, 0.05) is 26.2 Å². The summed E-state index contributed by atoms with van der Waals surface area (Å²) >= 11 is 0. The van der Waals surface area contributed by atoms with E-state index in [0.717, 1.165) is 11.1 Å². The Morgan fingerprint density at radius 3 is 2.60 bits per heavy atom. The van der Waals surface area contributed by atoms with Crippen molar-refractivity contribution in [1.82, 2.24) is 9.62 Å². The molecule has 0 saturated heterocycles. The van der Waals surface area contributed by atoms with E-state index in [1.165, 1.54) is 4.31 Å². The average Bonchev–Trinajstić information content (AvgIpc) is 2.37. The van der Waals surface area contributed by atoms with Crippen LogP contribution in [0.25, 0.3) is 0 Å². The summed E-state index contributed by atoms with van der Waals surface area (Å²) in [6.45, 7) is 10.5. The van der Waals surface area contributed by atoms with Gasteiger partial charge >= 0.3 is 0 Å². The van der Waals surface area contributed by atoms with E-state index >= 15 is 0 Å². The van der Waals surface area contributed by atoms with Gasteiger partial charge in [-0.3, -0.25) is 0 Å². The van der Waals surface area contributed by atoms with Crippen molar-refractivity contribution in [2.45, 2.75) is 38.3 Å². The lowest BCUT2D eigenvalue weighted by Crippen LogP contribution is -2.28.